The summed E-state index contributed by atoms with van der Waals surface area (Å²) >= 11 is 1.90. The lowest BCUT2D eigenvalue weighted by Gasteiger charge is -2.36. The van der Waals surface area contributed by atoms with Gasteiger partial charge in [0.05, 0.1) is 6.54 Å². The Balaban J connectivity index is 1.78. The number of benzene rings is 1. The SMILES string of the molecule is CN=C(NCC1(SC)CCOCC1)N(C)CCOc1ccc(F)cc1. The second-order valence-corrected chi connectivity index (χ2v) is 7.40. The molecule has 1 aliphatic rings. The van der Waals surface area contributed by atoms with Crippen molar-refractivity contribution in [1.29, 1.82) is 0 Å². The number of halogens is 1. The van der Waals surface area contributed by atoms with Gasteiger partial charge in [-0.05, 0) is 43.4 Å². The largest absolute Gasteiger partial charge is 0.492 e. The number of ether oxygens (including phenoxy) is 2. The fourth-order valence-electron chi connectivity index (χ4n) is 2.76. The molecule has 2 rings (SSSR count). The molecular weight excluding hydrogens is 341 g/mol. The molecule has 140 valence electrons. The van der Waals surface area contributed by atoms with Gasteiger partial charge in [-0.3, -0.25) is 4.99 Å². The van der Waals surface area contributed by atoms with Crippen molar-refractivity contribution < 1.29 is 13.9 Å². The lowest BCUT2D eigenvalue weighted by Crippen LogP contribution is -2.48. The number of guanidine groups is 1. The number of hydrogen-bond acceptors (Lipinski definition) is 4. The lowest BCUT2D eigenvalue weighted by molar-refractivity contribution is 0.0781. The zero-order valence-electron chi connectivity index (χ0n) is 15.3. The van der Waals surface area contributed by atoms with Crippen LogP contribution >= 0.6 is 11.8 Å². The number of thioether (sulfide) groups is 1. The summed E-state index contributed by atoms with van der Waals surface area (Å²) in [5.74, 6) is 1.26. The minimum atomic E-state index is -0.259. The molecule has 0 radical (unpaired) electrons. The number of nitrogens with zero attached hydrogens (tertiary/aromatic N) is 2. The fourth-order valence-corrected chi connectivity index (χ4v) is 3.55. The Morgan fingerprint density at radius 3 is 2.64 bits per heavy atom. The number of nitrogens with one attached hydrogen (secondary N) is 1. The number of likely N-dealkylation sites (N-methyl/N-ethyl adjacent to an activating group) is 1. The van der Waals surface area contributed by atoms with Crippen LogP contribution < -0.4 is 10.1 Å². The van der Waals surface area contributed by atoms with E-state index in [1.807, 2.05) is 23.7 Å². The van der Waals surface area contributed by atoms with Crippen molar-refractivity contribution in [2.45, 2.75) is 17.6 Å². The van der Waals surface area contributed by atoms with E-state index in [4.69, 9.17) is 9.47 Å². The highest BCUT2D eigenvalue weighted by atomic mass is 32.2. The smallest absolute Gasteiger partial charge is 0.193 e. The molecule has 25 heavy (non-hydrogen) atoms. The molecule has 0 spiro atoms. The summed E-state index contributed by atoms with van der Waals surface area (Å²) in [4.78, 5) is 6.40. The first-order valence-electron chi connectivity index (χ1n) is 8.51. The van der Waals surface area contributed by atoms with Gasteiger partial charge in [-0.25, -0.2) is 4.39 Å². The van der Waals surface area contributed by atoms with Gasteiger partial charge in [-0.1, -0.05) is 0 Å². The lowest BCUT2D eigenvalue weighted by atomic mass is 9.99. The molecule has 1 N–H and O–H groups in total. The summed E-state index contributed by atoms with van der Waals surface area (Å²) < 4.78 is 24.2. The Kier molecular flexibility index (Phi) is 7.84. The highest BCUT2D eigenvalue weighted by Crippen LogP contribution is 2.32. The standard InChI is InChI=1S/C18H28FN3O2S/c1-20-17(21-14-18(25-3)8-11-23-12-9-18)22(2)10-13-24-16-6-4-15(19)5-7-16/h4-7H,8-14H2,1-3H3,(H,20,21). The summed E-state index contributed by atoms with van der Waals surface area (Å²) in [6.45, 7) is 3.70. The first-order valence-corrected chi connectivity index (χ1v) is 9.74. The maximum atomic E-state index is 12.9. The van der Waals surface area contributed by atoms with Crippen LogP contribution in [0, 0.1) is 5.82 Å². The minimum absolute atomic E-state index is 0.208. The van der Waals surface area contributed by atoms with Crippen LogP contribution in [0.3, 0.4) is 0 Å². The van der Waals surface area contributed by atoms with Gasteiger partial charge in [0.25, 0.3) is 0 Å². The predicted octanol–water partition coefficient (Wildman–Crippen LogP) is 2.62. The summed E-state index contributed by atoms with van der Waals surface area (Å²) in [5.41, 5.74) is 0. The summed E-state index contributed by atoms with van der Waals surface area (Å²) in [7, 11) is 3.77. The van der Waals surface area contributed by atoms with Gasteiger partial charge >= 0.3 is 0 Å². The molecular formula is C18H28FN3O2S. The summed E-state index contributed by atoms with van der Waals surface area (Å²) in [6.07, 6.45) is 4.26. The molecule has 7 heteroatoms. The maximum Gasteiger partial charge on any atom is 0.193 e. The van der Waals surface area contributed by atoms with Crippen LogP contribution in [0.4, 0.5) is 4.39 Å². The van der Waals surface area contributed by atoms with E-state index in [1.165, 1.54) is 12.1 Å². The normalized spacial score (nSPS) is 17.2. The van der Waals surface area contributed by atoms with Crippen molar-refractivity contribution in [3.63, 3.8) is 0 Å². The van der Waals surface area contributed by atoms with Gasteiger partial charge in [0.2, 0.25) is 0 Å². The molecule has 0 unspecified atom stereocenters. The third-order valence-electron chi connectivity index (χ3n) is 4.49. The van der Waals surface area contributed by atoms with Crippen molar-refractivity contribution in [2.24, 2.45) is 4.99 Å². The Morgan fingerprint density at radius 1 is 1.36 bits per heavy atom. The molecule has 0 aromatic heterocycles. The van der Waals surface area contributed by atoms with Gasteiger partial charge in [-0.2, -0.15) is 11.8 Å². The van der Waals surface area contributed by atoms with Crippen LogP contribution in [-0.2, 0) is 4.74 Å². The van der Waals surface area contributed by atoms with Crippen molar-refractivity contribution in [3.05, 3.63) is 30.1 Å². The maximum absolute atomic E-state index is 12.9. The van der Waals surface area contributed by atoms with Gasteiger partial charge in [-0.15, -0.1) is 0 Å². The molecule has 0 bridgehead atoms. The third-order valence-corrected chi connectivity index (χ3v) is 5.91. The molecule has 1 aliphatic heterocycles. The number of rotatable bonds is 7. The molecule has 1 aromatic carbocycles. The molecule has 1 aromatic rings. The Labute approximate surface area is 154 Å². The van der Waals surface area contributed by atoms with E-state index in [1.54, 1.807) is 19.2 Å². The van der Waals surface area contributed by atoms with Crippen LogP contribution in [0.2, 0.25) is 0 Å². The molecule has 0 amide bonds. The van der Waals surface area contributed by atoms with Crippen LogP contribution in [0.25, 0.3) is 0 Å². The van der Waals surface area contributed by atoms with Gasteiger partial charge in [0.1, 0.15) is 18.2 Å². The van der Waals surface area contributed by atoms with E-state index < -0.39 is 0 Å². The van der Waals surface area contributed by atoms with Crippen LogP contribution in [0.5, 0.6) is 5.75 Å². The van der Waals surface area contributed by atoms with Gasteiger partial charge in [0, 0.05) is 38.6 Å². The second kappa shape index (κ2) is 9.87. The second-order valence-electron chi connectivity index (χ2n) is 6.12. The van der Waals surface area contributed by atoms with E-state index in [0.29, 0.717) is 18.9 Å². The highest BCUT2D eigenvalue weighted by Gasteiger charge is 2.32. The van der Waals surface area contributed by atoms with Crippen molar-refractivity contribution in [1.82, 2.24) is 10.2 Å². The van der Waals surface area contributed by atoms with Crippen LogP contribution in [0.15, 0.2) is 29.3 Å². The quantitative estimate of drug-likeness (QED) is 0.591. The van der Waals surface area contributed by atoms with Crippen molar-refractivity contribution in [2.75, 3.05) is 53.3 Å². The van der Waals surface area contributed by atoms with E-state index in [2.05, 4.69) is 16.6 Å². The highest BCUT2D eigenvalue weighted by molar-refractivity contribution is 8.00. The van der Waals surface area contributed by atoms with Crippen LogP contribution in [-0.4, -0.2) is 68.9 Å². The van der Waals surface area contributed by atoms with Crippen LogP contribution in [0.1, 0.15) is 12.8 Å². The molecule has 1 heterocycles. The summed E-state index contributed by atoms with van der Waals surface area (Å²) in [6, 6.07) is 6.07. The molecule has 1 fully saturated rings. The number of aliphatic imine (C=N–C) groups is 1. The van der Waals surface area contributed by atoms with Gasteiger partial charge < -0.3 is 19.7 Å². The summed E-state index contributed by atoms with van der Waals surface area (Å²) in [5, 5.41) is 3.48. The monoisotopic (exact) mass is 369 g/mol. The molecule has 1 saturated heterocycles. The van der Waals surface area contributed by atoms with E-state index in [-0.39, 0.29) is 10.6 Å². The minimum Gasteiger partial charge on any atom is -0.492 e. The first-order chi connectivity index (χ1) is 12.1. The Hall–Kier alpha value is -1.47. The van der Waals surface area contributed by atoms with Gasteiger partial charge in [0.15, 0.2) is 5.96 Å². The van der Waals surface area contributed by atoms with Crippen molar-refractivity contribution >= 4 is 17.7 Å². The molecule has 0 saturated carbocycles. The van der Waals surface area contributed by atoms with E-state index >= 15 is 0 Å². The average Bonchev–Trinajstić information content (AvgIpc) is 2.64. The number of hydrogen-bond donors (Lipinski definition) is 1. The zero-order valence-corrected chi connectivity index (χ0v) is 16.1. The molecule has 0 atom stereocenters. The Bertz CT molecular complexity index is 548. The van der Waals surface area contributed by atoms with Crippen molar-refractivity contribution in [3.8, 4) is 5.75 Å². The third kappa shape index (κ3) is 6.08. The topological polar surface area (TPSA) is 46.1 Å². The predicted molar refractivity (Wildman–Crippen MR) is 102 cm³/mol. The van der Waals surface area contributed by atoms with E-state index in [9.17, 15) is 4.39 Å². The average molecular weight is 370 g/mol. The zero-order chi connectivity index (χ0) is 18.1. The molecule has 5 nitrogen and oxygen atoms in total. The first kappa shape index (κ1) is 19.8. The Morgan fingerprint density at radius 2 is 2.04 bits per heavy atom. The fraction of sp³-hybridized carbons (Fsp3) is 0.611. The molecule has 0 aliphatic carbocycles. The van der Waals surface area contributed by atoms with E-state index in [0.717, 1.165) is 38.6 Å².